The molecule has 0 aliphatic carbocycles. The molecule has 3 rings (SSSR count). The molecule has 5 nitrogen and oxygen atoms in total. The summed E-state index contributed by atoms with van der Waals surface area (Å²) in [5.74, 6) is -0.551. The molecule has 7 heteroatoms. The van der Waals surface area contributed by atoms with Crippen molar-refractivity contribution in [2.75, 3.05) is 5.32 Å². The van der Waals surface area contributed by atoms with Crippen LogP contribution >= 0.6 is 23.2 Å². The van der Waals surface area contributed by atoms with Gasteiger partial charge in [0.25, 0.3) is 11.5 Å². The molecule has 0 radical (unpaired) electrons. The zero-order chi connectivity index (χ0) is 21.1. The SMILES string of the molecule is CC(=O)c1cc(Cn2c(C)ccc(NC(=O)c3ccc(Cl)cc3)c2=O)ccc1Cl. The second-order valence-corrected chi connectivity index (χ2v) is 7.45. The second kappa shape index (κ2) is 8.64. The van der Waals surface area contributed by atoms with Crippen molar-refractivity contribution in [2.24, 2.45) is 0 Å². The van der Waals surface area contributed by atoms with Gasteiger partial charge < -0.3 is 9.88 Å². The quantitative estimate of drug-likeness (QED) is 0.583. The number of carbonyl (C=O) groups excluding carboxylic acids is 2. The summed E-state index contributed by atoms with van der Waals surface area (Å²) < 4.78 is 1.53. The number of nitrogens with zero attached hydrogens (tertiary/aromatic N) is 1. The molecule has 0 saturated heterocycles. The molecule has 0 spiro atoms. The van der Waals surface area contributed by atoms with Gasteiger partial charge in [-0.3, -0.25) is 14.4 Å². The lowest BCUT2D eigenvalue weighted by Gasteiger charge is -2.14. The van der Waals surface area contributed by atoms with E-state index in [1.807, 2.05) is 0 Å². The number of aryl methyl sites for hydroxylation is 1. The number of halogens is 2. The first-order chi connectivity index (χ1) is 13.8. The smallest absolute Gasteiger partial charge is 0.274 e. The highest BCUT2D eigenvalue weighted by molar-refractivity contribution is 6.33. The molecule has 2 aromatic carbocycles. The van der Waals surface area contributed by atoms with Crippen molar-refractivity contribution >= 4 is 40.6 Å². The van der Waals surface area contributed by atoms with Gasteiger partial charge in [-0.1, -0.05) is 29.3 Å². The van der Waals surface area contributed by atoms with Crippen molar-refractivity contribution in [2.45, 2.75) is 20.4 Å². The Balaban J connectivity index is 1.90. The van der Waals surface area contributed by atoms with Crippen molar-refractivity contribution in [3.05, 3.63) is 97.4 Å². The van der Waals surface area contributed by atoms with Crippen LogP contribution in [0.5, 0.6) is 0 Å². The summed E-state index contributed by atoms with van der Waals surface area (Å²) in [5.41, 5.74) is 2.10. The standard InChI is InChI=1S/C22H18Cl2N2O3/c1-13-3-10-20(25-21(28)16-5-7-17(23)8-6-16)22(29)26(13)12-15-4-9-19(24)18(11-15)14(2)27/h3-11H,12H2,1-2H3,(H,25,28). The van der Waals surface area contributed by atoms with Crippen LogP contribution in [0.1, 0.15) is 38.9 Å². The predicted molar refractivity (Wildman–Crippen MR) is 115 cm³/mol. The molecule has 0 atom stereocenters. The first-order valence-corrected chi connectivity index (χ1v) is 9.58. The van der Waals surface area contributed by atoms with Gasteiger partial charge in [0.15, 0.2) is 5.78 Å². The summed E-state index contributed by atoms with van der Waals surface area (Å²) in [4.78, 5) is 37.1. The number of hydrogen-bond donors (Lipinski definition) is 1. The highest BCUT2D eigenvalue weighted by atomic mass is 35.5. The average molecular weight is 429 g/mol. The number of nitrogens with one attached hydrogen (secondary N) is 1. The Kier molecular flexibility index (Phi) is 6.20. The van der Waals surface area contributed by atoms with E-state index in [2.05, 4.69) is 5.32 Å². The Morgan fingerprint density at radius 3 is 2.34 bits per heavy atom. The minimum absolute atomic E-state index is 0.148. The zero-order valence-electron chi connectivity index (χ0n) is 15.8. The Morgan fingerprint density at radius 1 is 1.00 bits per heavy atom. The van der Waals surface area contributed by atoms with Crippen LogP contribution in [0.15, 0.2) is 59.4 Å². The molecule has 0 unspecified atom stereocenters. The molecule has 0 bridgehead atoms. The monoisotopic (exact) mass is 428 g/mol. The van der Waals surface area contributed by atoms with Gasteiger partial charge in [0.05, 0.1) is 11.6 Å². The van der Waals surface area contributed by atoms with E-state index in [1.54, 1.807) is 61.5 Å². The predicted octanol–water partition coefficient (Wildman–Crippen LogP) is 4.97. The van der Waals surface area contributed by atoms with Gasteiger partial charge in [0, 0.05) is 21.8 Å². The minimum Gasteiger partial charge on any atom is -0.317 e. The molecule has 148 valence electrons. The number of aromatic nitrogens is 1. The highest BCUT2D eigenvalue weighted by Crippen LogP contribution is 2.19. The number of hydrogen-bond acceptors (Lipinski definition) is 3. The van der Waals surface area contributed by atoms with Crippen LogP contribution in [-0.2, 0) is 6.54 Å². The summed E-state index contributed by atoms with van der Waals surface area (Å²) >= 11 is 11.9. The van der Waals surface area contributed by atoms with E-state index >= 15 is 0 Å². The van der Waals surface area contributed by atoms with E-state index in [-0.39, 0.29) is 23.6 Å². The van der Waals surface area contributed by atoms with Gasteiger partial charge in [-0.25, -0.2) is 0 Å². The lowest BCUT2D eigenvalue weighted by molar-refractivity contribution is 0.101. The Hall–Kier alpha value is -2.89. The van der Waals surface area contributed by atoms with Crippen LogP contribution < -0.4 is 10.9 Å². The third-order valence-electron chi connectivity index (χ3n) is 4.50. The number of carbonyl (C=O) groups is 2. The number of pyridine rings is 1. The Bertz CT molecular complexity index is 1150. The molecule has 1 N–H and O–H groups in total. The van der Waals surface area contributed by atoms with E-state index in [0.717, 1.165) is 11.3 Å². The van der Waals surface area contributed by atoms with Crippen molar-refractivity contribution < 1.29 is 9.59 Å². The van der Waals surface area contributed by atoms with E-state index < -0.39 is 5.91 Å². The van der Waals surface area contributed by atoms with E-state index in [9.17, 15) is 14.4 Å². The van der Waals surface area contributed by atoms with Crippen LogP contribution in [0, 0.1) is 6.92 Å². The number of benzene rings is 2. The first-order valence-electron chi connectivity index (χ1n) is 8.83. The molecule has 0 fully saturated rings. The maximum atomic E-state index is 12.9. The minimum atomic E-state index is -0.403. The molecule has 1 heterocycles. The number of ketones is 1. The molecule has 29 heavy (non-hydrogen) atoms. The van der Waals surface area contributed by atoms with Crippen molar-refractivity contribution in [1.29, 1.82) is 0 Å². The molecular formula is C22H18Cl2N2O3. The molecule has 0 saturated carbocycles. The van der Waals surface area contributed by atoms with Gasteiger partial charge in [-0.05, 0) is 67.9 Å². The third-order valence-corrected chi connectivity index (χ3v) is 5.08. The molecular weight excluding hydrogens is 411 g/mol. The average Bonchev–Trinajstić information content (AvgIpc) is 2.68. The van der Waals surface area contributed by atoms with Crippen LogP contribution in [0.4, 0.5) is 5.69 Å². The highest BCUT2D eigenvalue weighted by Gasteiger charge is 2.13. The van der Waals surface area contributed by atoms with Crippen molar-refractivity contribution in [1.82, 2.24) is 4.57 Å². The Morgan fingerprint density at radius 2 is 1.69 bits per heavy atom. The zero-order valence-corrected chi connectivity index (χ0v) is 17.3. The number of amides is 1. The molecule has 0 aliphatic heterocycles. The molecule has 3 aromatic rings. The second-order valence-electron chi connectivity index (χ2n) is 6.61. The number of anilines is 1. The van der Waals surface area contributed by atoms with E-state index in [4.69, 9.17) is 23.2 Å². The van der Waals surface area contributed by atoms with Gasteiger partial charge >= 0.3 is 0 Å². The fourth-order valence-corrected chi connectivity index (χ4v) is 3.26. The lowest BCUT2D eigenvalue weighted by Crippen LogP contribution is -2.27. The maximum absolute atomic E-state index is 12.9. The summed E-state index contributed by atoms with van der Waals surface area (Å²) in [6, 6.07) is 14.8. The molecule has 1 amide bonds. The summed E-state index contributed by atoms with van der Waals surface area (Å²) in [6.07, 6.45) is 0. The van der Waals surface area contributed by atoms with Gasteiger partial charge in [-0.2, -0.15) is 0 Å². The van der Waals surface area contributed by atoms with Crippen molar-refractivity contribution in [3.63, 3.8) is 0 Å². The normalized spacial score (nSPS) is 10.6. The number of Topliss-reactive ketones (excluding diaryl/α,β-unsaturated/α-hetero) is 1. The fourth-order valence-electron chi connectivity index (χ4n) is 2.88. The largest absolute Gasteiger partial charge is 0.317 e. The fraction of sp³-hybridized carbons (Fsp3) is 0.136. The topological polar surface area (TPSA) is 68.2 Å². The van der Waals surface area contributed by atoms with E-state index in [0.29, 0.717) is 21.2 Å². The first kappa shape index (κ1) is 20.8. The summed E-state index contributed by atoms with van der Waals surface area (Å²) in [5, 5.41) is 3.54. The maximum Gasteiger partial charge on any atom is 0.274 e. The lowest BCUT2D eigenvalue weighted by atomic mass is 10.1. The van der Waals surface area contributed by atoms with Crippen LogP contribution in [0.2, 0.25) is 10.0 Å². The molecule has 1 aromatic heterocycles. The van der Waals surface area contributed by atoms with Gasteiger partial charge in [-0.15, -0.1) is 0 Å². The van der Waals surface area contributed by atoms with Crippen LogP contribution in [-0.4, -0.2) is 16.3 Å². The third kappa shape index (κ3) is 4.75. The Labute approximate surface area is 177 Å². The summed E-state index contributed by atoms with van der Waals surface area (Å²) in [7, 11) is 0. The van der Waals surface area contributed by atoms with E-state index in [1.165, 1.54) is 11.5 Å². The number of rotatable bonds is 5. The van der Waals surface area contributed by atoms with Gasteiger partial charge in [0.2, 0.25) is 0 Å². The summed E-state index contributed by atoms with van der Waals surface area (Å²) in [6.45, 7) is 3.48. The van der Waals surface area contributed by atoms with Crippen LogP contribution in [0.3, 0.4) is 0 Å². The van der Waals surface area contributed by atoms with Crippen LogP contribution in [0.25, 0.3) is 0 Å². The van der Waals surface area contributed by atoms with Gasteiger partial charge in [0.1, 0.15) is 5.69 Å². The molecule has 0 aliphatic rings. The van der Waals surface area contributed by atoms with Crippen molar-refractivity contribution in [3.8, 4) is 0 Å².